The zero-order valence-electron chi connectivity index (χ0n) is 12.1. The van der Waals surface area contributed by atoms with Gasteiger partial charge in [-0.1, -0.05) is 25.5 Å². The maximum absolute atomic E-state index is 11.9. The van der Waals surface area contributed by atoms with Gasteiger partial charge in [0.2, 0.25) is 10.0 Å². The number of aryl methyl sites for hydroxylation is 1. The first-order chi connectivity index (χ1) is 9.59. The van der Waals surface area contributed by atoms with Crippen molar-refractivity contribution in [3.05, 3.63) is 29.8 Å². The molecule has 112 valence electrons. The summed E-state index contributed by atoms with van der Waals surface area (Å²) >= 11 is 0. The number of nitrogens with one attached hydrogen (secondary N) is 2. The highest BCUT2D eigenvalue weighted by Crippen LogP contribution is 2.18. The van der Waals surface area contributed by atoms with E-state index in [0.717, 1.165) is 19.4 Å². The minimum Gasteiger partial charge on any atom is -0.314 e. The van der Waals surface area contributed by atoms with Crippen molar-refractivity contribution in [2.75, 3.05) is 17.0 Å². The van der Waals surface area contributed by atoms with E-state index in [1.165, 1.54) is 18.4 Å². The topological polar surface area (TPSA) is 58.2 Å². The van der Waals surface area contributed by atoms with Crippen LogP contribution in [0.4, 0.5) is 5.69 Å². The van der Waals surface area contributed by atoms with E-state index >= 15 is 0 Å². The van der Waals surface area contributed by atoms with Gasteiger partial charge in [0, 0.05) is 11.7 Å². The predicted octanol–water partition coefficient (Wildman–Crippen LogP) is 2.52. The number of benzene rings is 1. The monoisotopic (exact) mass is 296 g/mol. The van der Waals surface area contributed by atoms with Crippen molar-refractivity contribution in [2.45, 2.75) is 45.1 Å². The second kappa shape index (κ2) is 7.09. The molecule has 1 aromatic carbocycles. The van der Waals surface area contributed by atoms with Crippen LogP contribution >= 0.6 is 0 Å². The van der Waals surface area contributed by atoms with Crippen LogP contribution in [0.25, 0.3) is 0 Å². The molecule has 4 nitrogen and oxygen atoms in total. The Hall–Kier alpha value is -1.07. The fourth-order valence-corrected chi connectivity index (χ4v) is 3.24. The van der Waals surface area contributed by atoms with E-state index in [0.29, 0.717) is 18.2 Å². The van der Waals surface area contributed by atoms with Crippen molar-refractivity contribution in [1.29, 1.82) is 0 Å². The van der Waals surface area contributed by atoms with Crippen LogP contribution in [0.5, 0.6) is 0 Å². The normalized spacial score (nSPS) is 15.2. The summed E-state index contributed by atoms with van der Waals surface area (Å²) in [6.45, 7) is 2.91. The van der Waals surface area contributed by atoms with Crippen LogP contribution in [-0.4, -0.2) is 26.8 Å². The van der Waals surface area contributed by atoms with Crippen molar-refractivity contribution in [3.8, 4) is 0 Å². The van der Waals surface area contributed by atoms with Crippen molar-refractivity contribution < 1.29 is 8.42 Å². The lowest BCUT2D eigenvalue weighted by Crippen LogP contribution is -2.23. The van der Waals surface area contributed by atoms with E-state index in [1.54, 1.807) is 0 Å². The Morgan fingerprint density at radius 3 is 2.50 bits per heavy atom. The van der Waals surface area contributed by atoms with Crippen LogP contribution in [0.2, 0.25) is 0 Å². The molecular weight excluding hydrogens is 272 g/mol. The number of hydrogen-bond acceptors (Lipinski definition) is 3. The van der Waals surface area contributed by atoms with Crippen molar-refractivity contribution in [3.63, 3.8) is 0 Å². The molecule has 0 radical (unpaired) electrons. The van der Waals surface area contributed by atoms with E-state index in [-0.39, 0.29) is 5.75 Å². The molecular formula is C15H24N2O2S. The lowest BCUT2D eigenvalue weighted by Gasteiger charge is -2.09. The molecule has 0 unspecified atom stereocenters. The maximum atomic E-state index is 11.9. The fraction of sp³-hybridized carbons (Fsp3) is 0.600. The van der Waals surface area contributed by atoms with Gasteiger partial charge < -0.3 is 5.32 Å². The van der Waals surface area contributed by atoms with E-state index in [1.807, 2.05) is 24.3 Å². The highest BCUT2D eigenvalue weighted by atomic mass is 32.2. The first kappa shape index (κ1) is 15.3. The molecule has 2 N–H and O–H groups in total. The van der Waals surface area contributed by atoms with Crippen LogP contribution in [0.15, 0.2) is 24.3 Å². The Morgan fingerprint density at radius 2 is 1.90 bits per heavy atom. The van der Waals surface area contributed by atoms with Gasteiger partial charge in [-0.15, -0.1) is 0 Å². The maximum Gasteiger partial charge on any atom is 0.232 e. The van der Waals surface area contributed by atoms with Gasteiger partial charge in [0.15, 0.2) is 0 Å². The van der Waals surface area contributed by atoms with Gasteiger partial charge in [-0.3, -0.25) is 4.72 Å². The van der Waals surface area contributed by atoms with Crippen LogP contribution in [0.3, 0.4) is 0 Å². The summed E-state index contributed by atoms with van der Waals surface area (Å²) in [7, 11) is -3.23. The van der Waals surface area contributed by atoms with E-state index < -0.39 is 10.0 Å². The Morgan fingerprint density at radius 1 is 1.20 bits per heavy atom. The molecule has 5 heteroatoms. The molecule has 1 fully saturated rings. The Balaban J connectivity index is 1.77. The third-order valence-electron chi connectivity index (χ3n) is 3.37. The van der Waals surface area contributed by atoms with Gasteiger partial charge >= 0.3 is 0 Å². The highest BCUT2D eigenvalue weighted by molar-refractivity contribution is 7.92. The Kier molecular flexibility index (Phi) is 5.43. The van der Waals surface area contributed by atoms with Crippen molar-refractivity contribution in [1.82, 2.24) is 5.32 Å². The molecule has 1 aliphatic rings. The van der Waals surface area contributed by atoms with Crippen LogP contribution < -0.4 is 10.0 Å². The van der Waals surface area contributed by atoms with Gasteiger partial charge in [-0.05, 0) is 49.9 Å². The lowest BCUT2D eigenvalue weighted by atomic mass is 10.1. The van der Waals surface area contributed by atoms with Gasteiger partial charge in [-0.2, -0.15) is 0 Å². The van der Waals surface area contributed by atoms with Gasteiger partial charge in [0.1, 0.15) is 0 Å². The number of sulfonamides is 1. The summed E-state index contributed by atoms with van der Waals surface area (Å²) in [6, 6.07) is 8.28. The molecule has 0 amide bonds. The first-order valence-electron chi connectivity index (χ1n) is 7.42. The molecule has 20 heavy (non-hydrogen) atoms. The summed E-state index contributed by atoms with van der Waals surface area (Å²) < 4.78 is 26.5. The summed E-state index contributed by atoms with van der Waals surface area (Å²) in [5.41, 5.74) is 1.89. The molecule has 2 rings (SSSR count). The molecule has 1 saturated carbocycles. The highest BCUT2D eigenvalue weighted by Gasteiger charge is 2.20. The zero-order valence-corrected chi connectivity index (χ0v) is 12.9. The summed E-state index contributed by atoms with van der Waals surface area (Å²) in [4.78, 5) is 0. The zero-order chi connectivity index (χ0) is 14.4. The largest absolute Gasteiger partial charge is 0.314 e. The quantitative estimate of drug-likeness (QED) is 0.688. The van der Waals surface area contributed by atoms with Crippen LogP contribution in [0.1, 0.15) is 38.2 Å². The van der Waals surface area contributed by atoms with E-state index in [4.69, 9.17) is 0 Å². The smallest absolute Gasteiger partial charge is 0.232 e. The van der Waals surface area contributed by atoms with E-state index in [2.05, 4.69) is 17.0 Å². The second-order valence-corrected chi connectivity index (χ2v) is 7.29. The average molecular weight is 296 g/mol. The molecule has 0 atom stereocenters. The standard InChI is InChI=1S/C15H24N2O2S/c1-2-4-13-5-7-15(8-6-13)17-20(18,19)12-3-11-16-14-9-10-14/h5-8,14,16-17H,2-4,9-12H2,1H3. The molecule has 0 saturated heterocycles. The minimum absolute atomic E-state index is 0.170. The minimum atomic E-state index is -3.23. The Bertz CT molecular complexity index is 507. The fourth-order valence-electron chi connectivity index (χ4n) is 2.11. The molecule has 1 aromatic rings. The molecule has 0 aliphatic heterocycles. The summed E-state index contributed by atoms with van der Waals surface area (Å²) in [5.74, 6) is 0.170. The number of anilines is 1. The van der Waals surface area contributed by atoms with Gasteiger partial charge in [0.05, 0.1) is 5.75 Å². The third-order valence-corrected chi connectivity index (χ3v) is 4.74. The molecule has 0 aromatic heterocycles. The second-order valence-electron chi connectivity index (χ2n) is 5.45. The molecule has 0 heterocycles. The van der Waals surface area contributed by atoms with Crippen molar-refractivity contribution in [2.24, 2.45) is 0 Å². The van der Waals surface area contributed by atoms with Crippen molar-refractivity contribution >= 4 is 15.7 Å². The SMILES string of the molecule is CCCc1ccc(NS(=O)(=O)CCCNC2CC2)cc1. The number of hydrogen-bond donors (Lipinski definition) is 2. The van der Waals surface area contributed by atoms with E-state index in [9.17, 15) is 8.42 Å². The molecule has 0 spiro atoms. The summed E-state index contributed by atoms with van der Waals surface area (Å²) in [6.07, 6.45) is 5.24. The predicted molar refractivity (Wildman–Crippen MR) is 83.5 cm³/mol. The van der Waals surface area contributed by atoms with Gasteiger partial charge in [0.25, 0.3) is 0 Å². The summed E-state index contributed by atoms with van der Waals surface area (Å²) in [5, 5.41) is 3.32. The first-order valence-corrected chi connectivity index (χ1v) is 9.07. The van der Waals surface area contributed by atoms with Crippen LogP contribution in [-0.2, 0) is 16.4 Å². The lowest BCUT2D eigenvalue weighted by molar-refractivity contribution is 0.593. The average Bonchev–Trinajstić information content (AvgIpc) is 3.21. The third kappa shape index (κ3) is 5.51. The number of rotatable bonds is 9. The van der Waals surface area contributed by atoms with Crippen LogP contribution in [0, 0.1) is 0 Å². The van der Waals surface area contributed by atoms with Gasteiger partial charge in [-0.25, -0.2) is 8.42 Å². The molecule has 0 bridgehead atoms. The Labute approximate surface area is 122 Å². The molecule has 1 aliphatic carbocycles.